The highest BCUT2D eigenvalue weighted by Gasteiger charge is 2.18. The summed E-state index contributed by atoms with van der Waals surface area (Å²) in [6, 6.07) is 8.14. The van der Waals surface area contributed by atoms with Crippen molar-refractivity contribution in [3.05, 3.63) is 29.8 Å². The molecule has 0 saturated carbocycles. The number of hydrogen-bond acceptors (Lipinski definition) is 3. The summed E-state index contributed by atoms with van der Waals surface area (Å²) >= 11 is 0. The van der Waals surface area contributed by atoms with E-state index in [1.165, 1.54) is 38.9 Å². The lowest BCUT2D eigenvalue weighted by Crippen LogP contribution is -2.43. The minimum absolute atomic E-state index is 0. The maximum Gasteiger partial charge on any atom is 0.191 e. The molecule has 0 unspecified atom stereocenters. The van der Waals surface area contributed by atoms with Crippen molar-refractivity contribution in [3.8, 4) is 5.75 Å². The molecule has 1 fully saturated rings. The number of guanidine groups is 1. The summed E-state index contributed by atoms with van der Waals surface area (Å²) in [6.07, 6.45) is 3.81. The van der Waals surface area contributed by atoms with Crippen molar-refractivity contribution in [2.45, 2.75) is 46.6 Å². The number of nitrogens with one attached hydrogen (secondary N) is 2. The lowest BCUT2D eigenvalue weighted by atomic mass is 9.97. The molecule has 1 aromatic carbocycles. The number of likely N-dealkylation sites (tertiary alicyclic amines) is 1. The molecule has 1 aromatic rings. The Morgan fingerprint density at radius 2 is 1.89 bits per heavy atom. The summed E-state index contributed by atoms with van der Waals surface area (Å²) in [6.45, 7) is 13.3. The summed E-state index contributed by atoms with van der Waals surface area (Å²) in [5.74, 6) is 2.57. The molecule has 0 aromatic heterocycles. The lowest BCUT2D eigenvalue weighted by molar-refractivity contribution is 0.185. The number of aliphatic imine (C=N–C) groups is 1. The average molecular weight is 488 g/mol. The Morgan fingerprint density at radius 1 is 1.15 bits per heavy atom. The Kier molecular flexibility index (Phi) is 12.5. The third-order valence-electron chi connectivity index (χ3n) is 4.83. The molecule has 27 heavy (non-hydrogen) atoms. The van der Waals surface area contributed by atoms with Gasteiger partial charge in [0.1, 0.15) is 5.75 Å². The van der Waals surface area contributed by atoms with Crippen LogP contribution < -0.4 is 15.4 Å². The molecule has 0 spiro atoms. The van der Waals surface area contributed by atoms with Crippen LogP contribution in [0.2, 0.25) is 0 Å². The Labute approximate surface area is 182 Å². The van der Waals surface area contributed by atoms with Crippen LogP contribution in [0.5, 0.6) is 5.75 Å². The van der Waals surface area contributed by atoms with Crippen LogP contribution in [-0.4, -0.2) is 50.2 Å². The maximum atomic E-state index is 5.70. The third-order valence-corrected chi connectivity index (χ3v) is 4.83. The second-order valence-corrected chi connectivity index (χ2v) is 6.90. The molecule has 0 aliphatic carbocycles. The smallest absolute Gasteiger partial charge is 0.191 e. The van der Waals surface area contributed by atoms with Crippen LogP contribution >= 0.6 is 24.0 Å². The Morgan fingerprint density at radius 3 is 2.56 bits per heavy atom. The van der Waals surface area contributed by atoms with Gasteiger partial charge in [0.05, 0.1) is 13.2 Å². The highest BCUT2D eigenvalue weighted by Crippen LogP contribution is 2.19. The van der Waals surface area contributed by atoms with Gasteiger partial charge in [-0.2, -0.15) is 0 Å². The number of hydrogen-bond donors (Lipinski definition) is 2. The minimum atomic E-state index is 0. The highest BCUT2D eigenvalue weighted by atomic mass is 127. The zero-order valence-electron chi connectivity index (χ0n) is 17.2. The molecule has 154 valence electrons. The standard InChI is InChI=1S/C21H36N4O.HI/c1-4-13-25-14-11-18(12-15-25)16-23-21(22-5-2)24-17-19-9-7-8-10-20(19)26-6-3;/h7-10,18H,4-6,11-17H2,1-3H3,(H2,22,23,24);1H. The van der Waals surface area contributed by atoms with Crippen molar-refractivity contribution < 1.29 is 4.74 Å². The molecule has 6 heteroatoms. The fraction of sp³-hybridized carbons (Fsp3) is 0.667. The molecule has 2 N–H and O–H groups in total. The third kappa shape index (κ3) is 8.68. The van der Waals surface area contributed by atoms with Gasteiger partial charge in [-0.15, -0.1) is 24.0 Å². The van der Waals surface area contributed by atoms with Crippen LogP contribution in [0.1, 0.15) is 45.6 Å². The fourth-order valence-corrected chi connectivity index (χ4v) is 3.41. The quantitative estimate of drug-likeness (QED) is 0.315. The molecule has 0 bridgehead atoms. The number of rotatable bonds is 9. The van der Waals surface area contributed by atoms with E-state index in [9.17, 15) is 0 Å². The van der Waals surface area contributed by atoms with Gasteiger partial charge in [0.25, 0.3) is 0 Å². The van der Waals surface area contributed by atoms with E-state index in [0.717, 1.165) is 36.3 Å². The van der Waals surface area contributed by atoms with Gasteiger partial charge < -0.3 is 20.3 Å². The van der Waals surface area contributed by atoms with Gasteiger partial charge in [-0.25, -0.2) is 4.99 Å². The normalized spacial score (nSPS) is 15.9. The number of ether oxygens (including phenoxy) is 1. The predicted molar refractivity (Wildman–Crippen MR) is 125 cm³/mol. The first kappa shape index (κ1) is 24.0. The molecule has 0 atom stereocenters. The van der Waals surface area contributed by atoms with Gasteiger partial charge in [0, 0.05) is 18.7 Å². The van der Waals surface area contributed by atoms with Gasteiger partial charge in [0.15, 0.2) is 5.96 Å². The second kappa shape index (κ2) is 14.0. The van der Waals surface area contributed by atoms with E-state index in [1.807, 2.05) is 25.1 Å². The molecule has 1 aliphatic rings. The molecule has 2 rings (SSSR count). The van der Waals surface area contributed by atoms with E-state index in [0.29, 0.717) is 13.2 Å². The molecule has 0 radical (unpaired) electrons. The molecule has 1 heterocycles. The summed E-state index contributed by atoms with van der Waals surface area (Å²) in [5, 5.41) is 6.90. The zero-order chi connectivity index (χ0) is 18.6. The van der Waals surface area contributed by atoms with E-state index < -0.39 is 0 Å². The van der Waals surface area contributed by atoms with Crippen molar-refractivity contribution >= 4 is 29.9 Å². The highest BCUT2D eigenvalue weighted by molar-refractivity contribution is 14.0. The van der Waals surface area contributed by atoms with Gasteiger partial charge in [-0.05, 0) is 64.7 Å². The summed E-state index contributed by atoms with van der Waals surface area (Å²) in [7, 11) is 0. The number of para-hydroxylation sites is 1. The number of nitrogens with zero attached hydrogens (tertiary/aromatic N) is 2. The summed E-state index contributed by atoms with van der Waals surface area (Å²) < 4.78 is 5.70. The monoisotopic (exact) mass is 488 g/mol. The van der Waals surface area contributed by atoms with Gasteiger partial charge >= 0.3 is 0 Å². The first-order chi connectivity index (χ1) is 12.8. The maximum absolute atomic E-state index is 5.70. The van der Waals surface area contributed by atoms with Gasteiger partial charge in [0.2, 0.25) is 0 Å². The molecule has 0 amide bonds. The van der Waals surface area contributed by atoms with Crippen LogP contribution in [0.3, 0.4) is 0 Å². The van der Waals surface area contributed by atoms with Crippen molar-refractivity contribution in [3.63, 3.8) is 0 Å². The molecular formula is C21H37IN4O. The van der Waals surface area contributed by atoms with Crippen LogP contribution in [0.4, 0.5) is 0 Å². The fourth-order valence-electron chi connectivity index (χ4n) is 3.41. The van der Waals surface area contributed by atoms with E-state index in [1.54, 1.807) is 0 Å². The predicted octanol–water partition coefficient (Wildman–Crippen LogP) is 3.88. The molecular weight excluding hydrogens is 451 g/mol. The van der Waals surface area contributed by atoms with Crippen molar-refractivity contribution in [2.24, 2.45) is 10.9 Å². The first-order valence-electron chi connectivity index (χ1n) is 10.2. The van der Waals surface area contributed by atoms with E-state index in [4.69, 9.17) is 9.73 Å². The Balaban J connectivity index is 0.00000364. The Bertz CT molecular complexity index is 545. The van der Waals surface area contributed by atoms with Crippen molar-refractivity contribution in [2.75, 3.05) is 39.3 Å². The SMILES string of the molecule is CCCN1CCC(CNC(=NCc2ccccc2OCC)NCC)CC1.I. The number of halogens is 1. The lowest BCUT2D eigenvalue weighted by Gasteiger charge is -2.32. The van der Waals surface area contributed by atoms with Crippen LogP contribution in [0.25, 0.3) is 0 Å². The summed E-state index contributed by atoms with van der Waals surface area (Å²) in [5.41, 5.74) is 1.12. The largest absolute Gasteiger partial charge is 0.494 e. The second-order valence-electron chi connectivity index (χ2n) is 6.90. The molecule has 5 nitrogen and oxygen atoms in total. The van der Waals surface area contributed by atoms with Crippen LogP contribution in [0, 0.1) is 5.92 Å². The van der Waals surface area contributed by atoms with E-state index in [2.05, 4.69) is 35.4 Å². The topological polar surface area (TPSA) is 48.9 Å². The number of piperidine rings is 1. The van der Waals surface area contributed by atoms with Crippen LogP contribution in [0.15, 0.2) is 29.3 Å². The van der Waals surface area contributed by atoms with Gasteiger partial charge in [-0.3, -0.25) is 0 Å². The van der Waals surface area contributed by atoms with E-state index in [-0.39, 0.29) is 24.0 Å². The van der Waals surface area contributed by atoms with E-state index >= 15 is 0 Å². The average Bonchev–Trinajstić information content (AvgIpc) is 2.67. The summed E-state index contributed by atoms with van der Waals surface area (Å²) in [4.78, 5) is 7.34. The first-order valence-corrected chi connectivity index (χ1v) is 10.2. The minimum Gasteiger partial charge on any atom is -0.494 e. The van der Waals surface area contributed by atoms with Crippen LogP contribution in [-0.2, 0) is 6.54 Å². The Hall–Kier alpha value is -1.02. The van der Waals surface area contributed by atoms with Crippen molar-refractivity contribution in [1.29, 1.82) is 0 Å². The molecule has 1 saturated heterocycles. The zero-order valence-corrected chi connectivity index (χ0v) is 19.5. The number of benzene rings is 1. The van der Waals surface area contributed by atoms with Crippen molar-refractivity contribution in [1.82, 2.24) is 15.5 Å². The van der Waals surface area contributed by atoms with Gasteiger partial charge in [-0.1, -0.05) is 25.1 Å². The molecule has 1 aliphatic heterocycles.